The molecule has 0 bridgehead atoms. The second-order valence-electron chi connectivity index (χ2n) is 5.47. The molecule has 0 saturated carbocycles. The van der Waals surface area contributed by atoms with E-state index in [1.807, 2.05) is 16.7 Å². The number of hydrogen-bond acceptors (Lipinski definition) is 3. The third-order valence-electron chi connectivity index (χ3n) is 3.53. The minimum atomic E-state index is -4.33. The third kappa shape index (κ3) is 4.54. The maximum Gasteiger partial charge on any atom is 0.416 e. The molecule has 1 saturated heterocycles. The molecular formula is C15H21F3N2S. The first-order valence-electron chi connectivity index (χ1n) is 7.16. The van der Waals surface area contributed by atoms with Crippen molar-refractivity contribution in [2.45, 2.75) is 32.0 Å². The van der Waals surface area contributed by atoms with Crippen LogP contribution in [0.5, 0.6) is 0 Å². The van der Waals surface area contributed by atoms with Crippen molar-refractivity contribution in [3.8, 4) is 0 Å². The zero-order chi connectivity index (χ0) is 15.5. The summed E-state index contributed by atoms with van der Waals surface area (Å²) in [5, 5.41) is 0. The summed E-state index contributed by atoms with van der Waals surface area (Å²) in [6, 6.07) is 4.38. The van der Waals surface area contributed by atoms with Crippen molar-refractivity contribution in [1.29, 1.82) is 0 Å². The second-order valence-corrected chi connectivity index (χ2v) is 6.70. The van der Waals surface area contributed by atoms with Gasteiger partial charge in [0.15, 0.2) is 0 Å². The molecular weight excluding hydrogens is 297 g/mol. The Balaban J connectivity index is 2.31. The molecule has 2 N–H and O–H groups in total. The van der Waals surface area contributed by atoms with Crippen molar-refractivity contribution < 1.29 is 13.2 Å². The Kier molecular flexibility index (Phi) is 5.43. The van der Waals surface area contributed by atoms with Gasteiger partial charge < -0.3 is 10.6 Å². The first-order chi connectivity index (χ1) is 9.88. The molecule has 0 spiro atoms. The molecule has 0 aromatic heterocycles. The highest BCUT2D eigenvalue weighted by molar-refractivity contribution is 7.99. The lowest BCUT2D eigenvalue weighted by molar-refractivity contribution is -0.138. The maximum atomic E-state index is 13.3. The number of benzene rings is 1. The molecule has 2 rings (SSSR count). The van der Waals surface area contributed by atoms with E-state index in [0.29, 0.717) is 5.69 Å². The smallest absolute Gasteiger partial charge is 0.371 e. The molecule has 1 aromatic carbocycles. The lowest BCUT2D eigenvalue weighted by Crippen LogP contribution is -2.26. The molecule has 118 valence electrons. The summed E-state index contributed by atoms with van der Waals surface area (Å²) in [6.45, 7) is 3.34. The minimum Gasteiger partial charge on any atom is -0.371 e. The highest BCUT2D eigenvalue weighted by Gasteiger charge is 2.34. The highest BCUT2D eigenvalue weighted by atomic mass is 32.2. The lowest BCUT2D eigenvalue weighted by Gasteiger charge is -2.24. The van der Waals surface area contributed by atoms with Crippen LogP contribution in [0.1, 0.15) is 24.5 Å². The predicted octanol–water partition coefficient (Wildman–Crippen LogP) is 3.54. The van der Waals surface area contributed by atoms with E-state index < -0.39 is 11.7 Å². The predicted molar refractivity (Wildman–Crippen MR) is 83.0 cm³/mol. The summed E-state index contributed by atoms with van der Waals surface area (Å²) in [6.07, 6.45) is -3.08. The Labute approximate surface area is 127 Å². The van der Waals surface area contributed by atoms with Crippen molar-refractivity contribution >= 4 is 17.4 Å². The largest absolute Gasteiger partial charge is 0.416 e. The van der Waals surface area contributed by atoms with E-state index in [-0.39, 0.29) is 18.0 Å². The van der Waals surface area contributed by atoms with Crippen molar-refractivity contribution in [3.63, 3.8) is 0 Å². The van der Waals surface area contributed by atoms with E-state index in [4.69, 9.17) is 5.73 Å². The monoisotopic (exact) mass is 318 g/mol. The summed E-state index contributed by atoms with van der Waals surface area (Å²) < 4.78 is 39.8. The summed E-state index contributed by atoms with van der Waals surface area (Å²) in [7, 11) is 0. The highest BCUT2D eigenvalue weighted by Crippen LogP contribution is 2.35. The van der Waals surface area contributed by atoms with Gasteiger partial charge >= 0.3 is 6.18 Å². The molecule has 2 nitrogen and oxygen atoms in total. The fourth-order valence-electron chi connectivity index (χ4n) is 2.55. The van der Waals surface area contributed by atoms with E-state index in [9.17, 15) is 13.2 Å². The first-order valence-corrected chi connectivity index (χ1v) is 8.32. The van der Waals surface area contributed by atoms with Gasteiger partial charge in [-0.3, -0.25) is 0 Å². The molecule has 1 atom stereocenters. The number of anilines is 1. The van der Waals surface area contributed by atoms with Crippen LogP contribution in [0.4, 0.5) is 18.9 Å². The number of rotatable bonds is 3. The van der Waals surface area contributed by atoms with Crippen LogP contribution in [0.2, 0.25) is 0 Å². The molecule has 1 heterocycles. The van der Waals surface area contributed by atoms with Crippen molar-refractivity contribution in [1.82, 2.24) is 0 Å². The van der Waals surface area contributed by atoms with E-state index in [1.165, 1.54) is 6.07 Å². The normalized spacial score (nSPS) is 18.4. The van der Waals surface area contributed by atoms with E-state index >= 15 is 0 Å². The average molecular weight is 318 g/mol. The molecule has 1 unspecified atom stereocenters. The third-order valence-corrected chi connectivity index (χ3v) is 4.58. The van der Waals surface area contributed by atoms with Gasteiger partial charge in [0.05, 0.1) is 5.56 Å². The van der Waals surface area contributed by atoms with Gasteiger partial charge in [0.25, 0.3) is 0 Å². The van der Waals surface area contributed by atoms with Crippen LogP contribution in [0.3, 0.4) is 0 Å². The quantitative estimate of drug-likeness (QED) is 0.924. The van der Waals surface area contributed by atoms with E-state index in [1.54, 1.807) is 19.1 Å². The Bertz CT molecular complexity index is 466. The van der Waals surface area contributed by atoms with Gasteiger partial charge in [0.1, 0.15) is 0 Å². The fraction of sp³-hybridized carbons (Fsp3) is 0.600. The van der Waals surface area contributed by atoms with Crippen LogP contribution in [-0.2, 0) is 12.6 Å². The van der Waals surface area contributed by atoms with Gasteiger partial charge in [0, 0.05) is 30.6 Å². The molecule has 1 aliphatic rings. The van der Waals surface area contributed by atoms with Crippen LogP contribution in [-0.4, -0.2) is 30.6 Å². The van der Waals surface area contributed by atoms with Crippen molar-refractivity contribution in [3.05, 3.63) is 29.3 Å². The molecule has 0 amide bonds. The van der Waals surface area contributed by atoms with Gasteiger partial charge in [-0.05, 0) is 43.2 Å². The van der Waals surface area contributed by atoms with Crippen LogP contribution < -0.4 is 10.6 Å². The van der Waals surface area contributed by atoms with Gasteiger partial charge in [-0.2, -0.15) is 24.9 Å². The van der Waals surface area contributed by atoms with Gasteiger partial charge in [-0.15, -0.1) is 0 Å². The number of nitrogens with two attached hydrogens (primary N) is 1. The number of alkyl halides is 3. The second kappa shape index (κ2) is 6.92. The fourth-order valence-corrected chi connectivity index (χ4v) is 3.44. The van der Waals surface area contributed by atoms with Crippen molar-refractivity contribution in [2.24, 2.45) is 5.73 Å². The molecule has 1 fully saturated rings. The van der Waals surface area contributed by atoms with Gasteiger partial charge in [0.2, 0.25) is 0 Å². The molecule has 21 heavy (non-hydrogen) atoms. The molecule has 6 heteroatoms. The summed E-state index contributed by atoms with van der Waals surface area (Å²) in [5.74, 6) is 2.04. The molecule has 1 aliphatic heterocycles. The van der Waals surface area contributed by atoms with Crippen molar-refractivity contribution in [2.75, 3.05) is 29.5 Å². The Morgan fingerprint density at radius 2 is 2.05 bits per heavy atom. The summed E-state index contributed by atoms with van der Waals surface area (Å²) in [4.78, 5) is 2.05. The van der Waals surface area contributed by atoms with Gasteiger partial charge in [-0.1, -0.05) is 6.07 Å². The Morgan fingerprint density at radius 3 is 2.71 bits per heavy atom. The molecule has 0 radical (unpaired) electrons. The Hall–Kier alpha value is -0.880. The first kappa shape index (κ1) is 16.5. The number of nitrogens with zero attached hydrogens (tertiary/aromatic N) is 1. The zero-order valence-electron chi connectivity index (χ0n) is 12.1. The summed E-state index contributed by atoms with van der Waals surface area (Å²) in [5.41, 5.74) is 6.06. The standard InChI is InChI=1S/C15H21F3N2S/c1-11(19)9-12-3-4-13(10-14(12)15(16,17)18)20-5-2-7-21-8-6-20/h3-4,10-11H,2,5-9,19H2,1H3. The maximum absolute atomic E-state index is 13.3. The van der Waals surface area contributed by atoms with E-state index in [2.05, 4.69) is 0 Å². The minimum absolute atomic E-state index is 0.241. The number of halogens is 3. The molecule has 0 aliphatic carbocycles. The van der Waals surface area contributed by atoms with E-state index in [0.717, 1.165) is 31.0 Å². The van der Waals surface area contributed by atoms with Crippen LogP contribution in [0, 0.1) is 0 Å². The Morgan fingerprint density at radius 1 is 1.29 bits per heavy atom. The van der Waals surface area contributed by atoms with Crippen LogP contribution in [0.25, 0.3) is 0 Å². The average Bonchev–Trinajstić information content (AvgIpc) is 2.66. The topological polar surface area (TPSA) is 29.3 Å². The lowest BCUT2D eigenvalue weighted by atomic mass is 9.99. The number of thioether (sulfide) groups is 1. The zero-order valence-corrected chi connectivity index (χ0v) is 12.9. The van der Waals surface area contributed by atoms with Crippen LogP contribution >= 0.6 is 11.8 Å². The van der Waals surface area contributed by atoms with Gasteiger partial charge in [-0.25, -0.2) is 0 Å². The number of hydrogen-bond donors (Lipinski definition) is 1. The summed E-state index contributed by atoms with van der Waals surface area (Å²) >= 11 is 1.86. The SMILES string of the molecule is CC(N)Cc1ccc(N2CCCSCC2)cc1C(F)(F)F. The molecule has 1 aromatic rings. The van der Waals surface area contributed by atoms with Crippen LogP contribution in [0.15, 0.2) is 18.2 Å².